The molecule has 14 heteroatoms. The van der Waals surface area contributed by atoms with E-state index < -0.39 is 73.1 Å². The fourth-order valence-electron chi connectivity index (χ4n) is 2.42. The van der Waals surface area contributed by atoms with Crippen molar-refractivity contribution in [1.82, 2.24) is 0 Å². The number of hydrogen-bond donors (Lipinski definition) is 1. The second kappa shape index (κ2) is 10.3. The summed E-state index contributed by atoms with van der Waals surface area (Å²) in [6, 6.07) is 3.70. The average molecular weight is 482 g/mol. The first-order valence-corrected chi connectivity index (χ1v) is 8.34. The van der Waals surface area contributed by atoms with Crippen LogP contribution in [0.5, 0.6) is 0 Å². The van der Waals surface area contributed by atoms with Gasteiger partial charge in [0.2, 0.25) is 0 Å². The predicted octanol–water partition coefficient (Wildman–Crippen LogP) is 5.41. The summed E-state index contributed by atoms with van der Waals surface area (Å²) in [4.78, 5) is 0. The van der Waals surface area contributed by atoms with Gasteiger partial charge < -0.3 is 5.11 Å². The highest BCUT2D eigenvalue weighted by Gasteiger charge is 2.65. The fourth-order valence-corrected chi connectivity index (χ4v) is 2.42. The molecule has 1 rings (SSSR count). The van der Waals surface area contributed by atoms with Crippen LogP contribution >= 0.6 is 0 Å². The number of benzene rings is 1. The van der Waals surface area contributed by atoms with Gasteiger partial charge >= 0.3 is 11.8 Å². The molecule has 0 aliphatic carbocycles. The lowest BCUT2D eigenvalue weighted by molar-refractivity contribution is -0.275. The van der Waals surface area contributed by atoms with Crippen LogP contribution < -0.4 is 0 Å². The van der Waals surface area contributed by atoms with E-state index >= 15 is 0 Å². The van der Waals surface area contributed by atoms with Crippen LogP contribution in [0.1, 0.15) is 5.56 Å². The van der Waals surface area contributed by atoms with Gasteiger partial charge in [0.05, 0.1) is 0 Å². The molecule has 0 aliphatic rings. The van der Waals surface area contributed by atoms with Crippen LogP contribution in [-0.2, 0) is 5.92 Å². The summed E-state index contributed by atoms with van der Waals surface area (Å²) in [7, 11) is 0. The highest BCUT2D eigenvalue weighted by molar-refractivity contribution is 5.23. The van der Waals surface area contributed by atoms with Gasteiger partial charge in [0.25, 0.3) is 6.43 Å². The van der Waals surface area contributed by atoms with Gasteiger partial charge in [-0.2, -0.15) is 17.6 Å². The van der Waals surface area contributed by atoms with Crippen molar-refractivity contribution in [2.75, 3.05) is 0 Å². The number of aliphatic hydroxyl groups excluding tert-OH is 1. The van der Waals surface area contributed by atoms with E-state index in [1.807, 2.05) is 0 Å². The molecule has 0 radical (unpaired) electrons. The molecule has 1 aromatic rings. The molecule has 0 bridgehead atoms. The standard InChI is InChI=1S/C17H15F13O/c18-7(9(20)11(22)13(24)15(25)26)8(19)10(21)12(23)14(31)17(29,30)16(27,28)6-4-2-1-3-5-6/h1-5,7-15,31H. The van der Waals surface area contributed by atoms with Crippen LogP contribution in [-0.4, -0.2) is 66.8 Å². The molecule has 0 fully saturated rings. The first kappa shape index (κ1) is 27.3. The van der Waals surface area contributed by atoms with Crippen LogP contribution in [0, 0.1) is 0 Å². The average Bonchev–Trinajstić information content (AvgIpc) is 2.74. The van der Waals surface area contributed by atoms with E-state index in [-0.39, 0.29) is 0 Å². The molecule has 0 heterocycles. The summed E-state index contributed by atoms with van der Waals surface area (Å²) in [5, 5.41) is 9.19. The van der Waals surface area contributed by atoms with E-state index in [1.54, 1.807) is 0 Å². The van der Waals surface area contributed by atoms with E-state index in [2.05, 4.69) is 0 Å². The smallest absolute Gasteiger partial charge is 0.342 e. The van der Waals surface area contributed by atoms with Gasteiger partial charge in [-0.3, -0.25) is 0 Å². The normalized spacial score (nSPS) is 21.1. The monoisotopic (exact) mass is 482 g/mol. The summed E-state index contributed by atoms with van der Waals surface area (Å²) in [5.74, 6) is -11.1. The van der Waals surface area contributed by atoms with E-state index in [9.17, 15) is 62.2 Å². The van der Waals surface area contributed by atoms with Gasteiger partial charge in [-0.05, 0) is 0 Å². The van der Waals surface area contributed by atoms with E-state index in [0.717, 1.165) is 18.2 Å². The van der Waals surface area contributed by atoms with Crippen molar-refractivity contribution >= 4 is 0 Å². The molecule has 1 N–H and O–H groups in total. The van der Waals surface area contributed by atoms with Gasteiger partial charge in [-0.1, -0.05) is 30.3 Å². The second-order valence-electron chi connectivity index (χ2n) is 6.45. The Morgan fingerprint density at radius 3 is 1.29 bits per heavy atom. The summed E-state index contributed by atoms with van der Waals surface area (Å²) in [6.45, 7) is 0. The zero-order valence-electron chi connectivity index (χ0n) is 14.9. The third-order valence-electron chi connectivity index (χ3n) is 4.29. The lowest BCUT2D eigenvalue weighted by Gasteiger charge is -2.34. The Kier molecular flexibility index (Phi) is 9.04. The topological polar surface area (TPSA) is 20.2 Å². The predicted molar refractivity (Wildman–Crippen MR) is 81.6 cm³/mol. The highest BCUT2D eigenvalue weighted by Crippen LogP contribution is 2.46. The van der Waals surface area contributed by atoms with Crippen LogP contribution in [0.3, 0.4) is 0 Å². The maximum atomic E-state index is 14.0. The minimum absolute atomic E-state index is 0.432. The van der Waals surface area contributed by atoms with Crippen LogP contribution in [0.15, 0.2) is 30.3 Å². The van der Waals surface area contributed by atoms with Crippen molar-refractivity contribution < 1.29 is 62.2 Å². The van der Waals surface area contributed by atoms with Crippen molar-refractivity contribution in [1.29, 1.82) is 0 Å². The van der Waals surface area contributed by atoms with E-state index in [4.69, 9.17) is 0 Å². The van der Waals surface area contributed by atoms with Crippen molar-refractivity contribution in [3.8, 4) is 0 Å². The van der Waals surface area contributed by atoms with Crippen molar-refractivity contribution in [2.45, 2.75) is 67.6 Å². The van der Waals surface area contributed by atoms with Gasteiger partial charge in [-0.15, -0.1) is 0 Å². The van der Waals surface area contributed by atoms with Gasteiger partial charge in [0.15, 0.2) is 49.3 Å². The van der Waals surface area contributed by atoms with Gasteiger partial charge in [-0.25, -0.2) is 39.5 Å². The van der Waals surface area contributed by atoms with Crippen molar-refractivity contribution in [3.63, 3.8) is 0 Å². The summed E-state index contributed by atoms with van der Waals surface area (Å²) in [5.41, 5.74) is -1.47. The number of halogens is 13. The maximum Gasteiger partial charge on any atom is 0.342 e. The molecule has 31 heavy (non-hydrogen) atoms. The Bertz CT molecular complexity index is 673. The van der Waals surface area contributed by atoms with Crippen LogP contribution in [0.2, 0.25) is 0 Å². The number of hydrogen-bond acceptors (Lipinski definition) is 1. The second-order valence-corrected chi connectivity index (χ2v) is 6.45. The van der Waals surface area contributed by atoms with Crippen molar-refractivity contribution in [3.05, 3.63) is 35.9 Å². The van der Waals surface area contributed by atoms with E-state index in [0.29, 0.717) is 12.1 Å². The Hall–Kier alpha value is -1.73. The van der Waals surface area contributed by atoms with Crippen LogP contribution in [0.4, 0.5) is 57.1 Å². The highest BCUT2D eigenvalue weighted by atomic mass is 19.3. The maximum absolute atomic E-state index is 14.0. The molecule has 1 nitrogen and oxygen atoms in total. The minimum atomic E-state index is -5.80. The molecule has 1 aromatic carbocycles. The molecule has 8 atom stereocenters. The van der Waals surface area contributed by atoms with E-state index in [1.165, 1.54) is 0 Å². The largest absolute Gasteiger partial charge is 0.383 e. The molecule has 0 amide bonds. The van der Waals surface area contributed by atoms with Gasteiger partial charge in [0.1, 0.15) is 0 Å². The Balaban J connectivity index is 3.01. The zero-order chi connectivity index (χ0) is 24.3. The molecule has 0 saturated heterocycles. The first-order valence-electron chi connectivity index (χ1n) is 8.34. The van der Waals surface area contributed by atoms with Gasteiger partial charge in [0, 0.05) is 5.56 Å². The summed E-state index contributed by atoms with van der Waals surface area (Å²) >= 11 is 0. The SMILES string of the molecule is OC(C(F)C(F)C(F)C(F)C(F)C(F)C(F)C(F)F)C(F)(F)C(F)(F)c1ccccc1. The van der Waals surface area contributed by atoms with Crippen molar-refractivity contribution in [2.24, 2.45) is 0 Å². The Labute approximate surface area is 166 Å². The summed E-state index contributed by atoms with van der Waals surface area (Å²) in [6.07, 6.45) is -37.7. The molecule has 0 aliphatic heterocycles. The Morgan fingerprint density at radius 1 is 0.548 bits per heavy atom. The third-order valence-corrected chi connectivity index (χ3v) is 4.29. The zero-order valence-corrected chi connectivity index (χ0v) is 14.9. The molecule has 0 saturated carbocycles. The number of aliphatic hydroxyl groups is 1. The molecule has 8 unspecified atom stereocenters. The summed E-state index contributed by atoms with van der Waals surface area (Å²) < 4.78 is 174. The molecular weight excluding hydrogens is 467 g/mol. The molecule has 0 aromatic heterocycles. The molecular formula is C17H15F13O. The molecule has 0 spiro atoms. The minimum Gasteiger partial charge on any atom is -0.383 e. The lowest BCUT2D eigenvalue weighted by atomic mass is 9.91. The Morgan fingerprint density at radius 2 is 0.903 bits per heavy atom. The quantitative estimate of drug-likeness (QED) is 0.419. The molecule has 180 valence electrons. The first-order chi connectivity index (χ1) is 14.1. The number of alkyl halides is 13. The number of rotatable bonds is 11. The third kappa shape index (κ3) is 5.55. The fraction of sp³-hybridized carbons (Fsp3) is 0.647. The lowest BCUT2D eigenvalue weighted by Crippen LogP contribution is -2.56. The van der Waals surface area contributed by atoms with Crippen LogP contribution in [0.25, 0.3) is 0 Å².